The van der Waals surface area contributed by atoms with Gasteiger partial charge in [0.25, 0.3) is 0 Å². The minimum atomic E-state index is -0.117. The maximum absolute atomic E-state index is 11.4. The van der Waals surface area contributed by atoms with Crippen LogP contribution in [0.3, 0.4) is 0 Å². The number of carbonyl (C=O) groups excluding carboxylic acids is 1. The Bertz CT molecular complexity index is 188. The predicted molar refractivity (Wildman–Crippen MR) is 61.6 cm³/mol. The lowest BCUT2D eigenvalue weighted by Crippen LogP contribution is -2.41. The molecule has 0 aliphatic carbocycles. The first-order valence-electron chi connectivity index (χ1n) is 5.45. The fourth-order valence-corrected chi connectivity index (χ4v) is 1.12. The molecular formula is C11H24N2O2. The molecule has 0 spiro atoms. The summed E-state index contributed by atoms with van der Waals surface area (Å²) in [6.07, 6.45) is 0.522. The molecule has 1 unspecified atom stereocenters. The van der Waals surface area contributed by atoms with Crippen LogP contribution in [0.2, 0.25) is 0 Å². The summed E-state index contributed by atoms with van der Waals surface area (Å²) in [4.78, 5) is 11.4. The molecule has 0 radical (unpaired) electrons. The van der Waals surface area contributed by atoms with Gasteiger partial charge in [0, 0.05) is 25.6 Å². The Labute approximate surface area is 92.6 Å². The topological polar surface area (TPSA) is 64.3 Å². The van der Waals surface area contributed by atoms with Gasteiger partial charge in [-0.25, -0.2) is 0 Å². The molecule has 0 bridgehead atoms. The number of ether oxygens (including phenoxy) is 1. The molecule has 0 saturated carbocycles. The van der Waals surface area contributed by atoms with E-state index in [1.807, 2.05) is 27.7 Å². The molecule has 3 N–H and O–H groups in total. The normalized spacial score (nSPS) is 13.7. The number of nitrogens with two attached hydrogens (primary N) is 1. The van der Waals surface area contributed by atoms with E-state index >= 15 is 0 Å². The smallest absolute Gasteiger partial charge is 0.220 e. The van der Waals surface area contributed by atoms with Crippen molar-refractivity contribution in [3.05, 3.63) is 0 Å². The molecule has 15 heavy (non-hydrogen) atoms. The Balaban J connectivity index is 3.62. The van der Waals surface area contributed by atoms with Crippen LogP contribution in [0, 0.1) is 5.41 Å². The van der Waals surface area contributed by atoms with Gasteiger partial charge in [0.05, 0.1) is 6.61 Å². The first-order valence-corrected chi connectivity index (χ1v) is 5.45. The van der Waals surface area contributed by atoms with E-state index in [2.05, 4.69) is 5.32 Å². The molecule has 0 rings (SSSR count). The average molecular weight is 216 g/mol. The SMILES string of the molecule is CCOCC(N)CNC(=O)CC(C)(C)C. The molecular weight excluding hydrogens is 192 g/mol. The third kappa shape index (κ3) is 9.69. The second-order valence-electron chi connectivity index (χ2n) is 4.96. The highest BCUT2D eigenvalue weighted by molar-refractivity contribution is 5.76. The van der Waals surface area contributed by atoms with Crippen molar-refractivity contribution in [3.8, 4) is 0 Å². The van der Waals surface area contributed by atoms with Crippen molar-refractivity contribution in [2.24, 2.45) is 11.1 Å². The fraction of sp³-hybridized carbons (Fsp3) is 0.909. The molecule has 4 nitrogen and oxygen atoms in total. The van der Waals surface area contributed by atoms with Crippen molar-refractivity contribution in [2.45, 2.75) is 40.2 Å². The largest absolute Gasteiger partial charge is 0.380 e. The summed E-state index contributed by atoms with van der Waals surface area (Å²) in [6, 6.07) is -0.117. The first kappa shape index (κ1) is 14.4. The van der Waals surface area contributed by atoms with E-state index in [4.69, 9.17) is 10.5 Å². The number of amides is 1. The third-order valence-electron chi connectivity index (χ3n) is 1.79. The van der Waals surface area contributed by atoms with Crippen LogP contribution in [0.4, 0.5) is 0 Å². The van der Waals surface area contributed by atoms with Gasteiger partial charge in [0.1, 0.15) is 0 Å². The van der Waals surface area contributed by atoms with Crippen molar-refractivity contribution < 1.29 is 9.53 Å². The van der Waals surface area contributed by atoms with Crippen molar-refractivity contribution in [3.63, 3.8) is 0 Å². The Morgan fingerprint density at radius 2 is 2.07 bits per heavy atom. The molecule has 0 aromatic carbocycles. The molecule has 90 valence electrons. The van der Waals surface area contributed by atoms with Crippen LogP contribution in [0.15, 0.2) is 0 Å². The molecule has 0 aromatic heterocycles. The zero-order valence-electron chi connectivity index (χ0n) is 10.3. The van der Waals surface area contributed by atoms with Gasteiger partial charge in [-0.1, -0.05) is 20.8 Å². The van der Waals surface area contributed by atoms with Gasteiger partial charge >= 0.3 is 0 Å². The second kappa shape index (κ2) is 6.80. The van der Waals surface area contributed by atoms with E-state index in [0.717, 1.165) is 0 Å². The highest BCUT2D eigenvalue weighted by Crippen LogP contribution is 2.17. The van der Waals surface area contributed by atoms with E-state index in [-0.39, 0.29) is 17.4 Å². The lowest BCUT2D eigenvalue weighted by Gasteiger charge is -2.18. The Kier molecular flexibility index (Phi) is 6.52. The summed E-state index contributed by atoms with van der Waals surface area (Å²) in [6.45, 7) is 9.65. The zero-order chi connectivity index (χ0) is 11.9. The van der Waals surface area contributed by atoms with E-state index in [9.17, 15) is 4.79 Å². The van der Waals surface area contributed by atoms with Gasteiger partial charge in [-0.3, -0.25) is 4.79 Å². The predicted octanol–water partition coefficient (Wildman–Crippen LogP) is 0.903. The van der Waals surface area contributed by atoms with Crippen LogP contribution in [-0.2, 0) is 9.53 Å². The molecule has 0 saturated heterocycles. The summed E-state index contributed by atoms with van der Waals surface area (Å²) < 4.78 is 5.15. The number of nitrogens with one attached hydrogen (secondary N) is 1. The highest BCUT2D eigenvalue weighted by Gasteiger charge is 2.16. The lowest BCUT2D eigenvalue weighted by atomic mass is 9.92. The summed E-state index contributed by atoms with van der Waals surface area (Å²) in [5, 5.41) is 2.80. The second-order valence-corrected chi connectivity index (χ2v) is 4.96. The van der Waals surface area contributed by atoms with Gasteiger partial charge in [0.15, 0.2) is 0 Å². The fourth-order valence-electron chi connectivity index (χ4n) is 1.12. The standard InChI is InChI=1S/C11H24N2O2/c1-5-15-8-9(12)7-13-10(14)6-11(2,3)4/h9H,5-8,12H2,1-4H3,(H,13,14). The molecule has 1 amide bonds. The maximum Gasteiger partial charge on any atom is 0.220 e. The van der Waals surface area contributed by atoms with Crippen molar-refractivity contribution >= 4 is 5.91 Å². The van der Waals surface area contributed by atoms with Crippen LogP contribution < -0.4 is 11.1 Å². The Hall–Kier alpha value is -0.610. The van der Waals surface area contributed by atoms with Gasteiger partial charge in [-0.05, 0) is 12.3 Å². The quantitative estimate of drug-likeness (QED) is 0.693. The van der Waals surface area contributed by atoms with Crippen LogP contribution in [0.5, 0.6) is 0 Å². The molecule has 1 atom stereocenters. The van der Waals surface area contributed by atoms with E-state index < -0.39 is 0 Å². The first-order chi connectivity index (χ1) is 6.85. The van der Waals surface area contributed by atoms with Crippen molar-refractivity contribution in [1.29, 1.82) is 0 Å². The maximum atomic E-state index is 11.4. The average Bonchev–Trinajstić information content (AvgIpc) is 2.08. The monoisotopic (exact) mass is 216 g/mol. The van der Waals surface area contributed by atoms with E-state index in [0.29, 0.717) is 26.2 Å². The van der Waals surface area contributed by atoms with Crippen molar-refractivity contribution in [1.82, 2.24) is 5.32 Å². The Morgan fingerprint density at radius 3 is 2.53 bits per heavy atom. The molecule has 0 aliphatic rings. The number of hydrogen-bond acceptors (Lipinski definition) is 3. The summed E-state index contributed by atoms with van der Waals surface area (Å²) in [7, 11) is 0. The molecule has 0 fully saturated rings. The van der Waals surface area contributed by atoms with Crippen LogP contribution >= 0.6 is 0 Å². The minimum absolute atomic E-state index is 0.0219. The minimum Gasteiger partial charge on any atom is -0.380 e. The molecule has 4 heteroatoms. The molecule has 0 aromatic rings. The van der Waals surface area contributed by atoms with Gasteiger partial charge in [0.2, 0.25) is 5.91 Å². The van der Waals surface area contributed by atoms with Crippen LogP contribution in [-0.4, -0.2) is 31.7 Å². The number of hydrogen-bond donors (Lipinski definition) is 2. The third-order valence-corrected chi connectivity index (χ3v) is 1.79. The Morgan fingerprint density at radius 1 is 1.47 bits per heavy atom. The zero-order valence-corrected chi connectivity index (χ0v) is 10.3. The lowest BCUT2D eigenvalue weighted by molar-refractivity contribution is -0.122. The van der Waals surface area contributed by atoms with Crippen LogP contribution in [0.25, 0.3) is 0 Å². The summed E-state index contributed by atoms with van der Waals surface area (Å²) >= 11 is 0. The summed E-state index contributed by atoms with van der Waals surface area (Å²) in [5.74, 6) is 0.0504. The van der Waals surface area contributed by atoms with Gasteiger partial charge in [-0.15, -0.1) is 0 Å². The summed E-state index contributed by atoms with van der Waals surface area (Å²) in [5.41, 5.74) is 5.75. The molecule has 0 heterocycles. The van der Waals surface area contributed by atoms with E-state index in [1.54, 1.807) is 0 Å². The highest BCUT2D eigenvalue weighted by atomic mass is 16.5. The number of carbonyl (C=O) groups is 1. The van der Waals surface area contributed by atoms with E-state index in [1.165, 1.54) is 0 Å². The molecule has 0 aliphatic heterocycles. The van der Waals surface area contributed by atoms with Gasteiger partial charge in [-0.2, -0.15) is 0 Å². The number of rotatable bonds is 6. The van der Waals surface area contributed by atoms with Crippen LogP contribution in [0.1, 0.15) is 34.1 Å². The van der Waals surface area contributed by atoms with Gasteiger partial charge < -0.3 is 15.8 Å². The van der Waals surface area contributed by atoms with Crippen molar-refractivity contribution in [2.75, 3.05) is 19.8 Å².